The molecule has 0 radical (unpaired) electrons. The van der Waals surface area contributed by atoms with E-state index in [9.17, 15) is 4.39 Å². The van der Waals surface area contributed by atoms with Gasteiger partial charge in [0.05, 0.1) is 5.60 Å². The maximum atomic E-state index is 14.0. The van der Waals surface area contributed by atoms with E-state index in [2.05, 4.69) is 19.2 Å². The van der Waals surface area contributed by atoms with Crippen LogP contribution in [-0.4, -0.2) is 25.3 Å². The van der Waals surface area contributed by atoms with Crippen LogP contribution in [0.1, 0.15) is 45.1 Å². The number of ether oxygens (including phenoxy) is 1. The largest absolute Gasteiger partial charge is 0.377 e. The van der Waals surface area contributed by atoms with Crippen LogP contribution in [0.3, 0.4) is 0 Å². The molecule has 1 N–H and O–H groups in total. The predicted octanol–water partition coefficient (Wildman–Crippen LogP) is 3.94. The Morgan fingerprint density at radius 3 is 2.57 bits per heavy atom. The molecular weight excluding hydrogens is 265 g/mol. The normalized spacial score (nSPS) is 27.5. The third kappa shape index (κ3) is 3.83. The van der Waals surface area contributed by atoms with Gasteiger partial charge in [0.15, 0.2) is 0 Å². The second-order valence-corrected chi connectivity index (χ2v) is 6.36. The van der Waals surface area contributed by atoms with Crippen molar-refractivity contribution in [1.82, 2.24) is 5.32 Å². The first kappa shape index (κ1) is 16.4. The zero-order chi connectivity index (χ0) is 15.3. The second-order valence-electron chi connectivity index (χ2n) is 6.36. The predicted molar refractivity (Wildman–Crippen MR) is 84.9 cm³/mol. The lowest BCUT2D eigenvalue weighted by molar-refractivity contribution is -0.0743. The fraction of sp³-hybridized carbons (Fsp3) is 0.667. The molecule has 1 aliphatic rings. The van der Waals surface area contributed by atoms with E-state index in [1.807, 2.05) is 19.2 Å². The maximum absolute atomic E-state index is 14.0. The van der Waals surface area contributed by atoms with Gasteiger partial charge in [-0.1, -0.05) is 32.0 Å². The van der Waals surface area contributed by atoms with Crippen LogP contribution < -0.4 is 5.32 Å². The highest BCUT2D eigenvalue weighted by atomic mass is 19.1. The van der Waals surface area contributed by atoms with Crippen molar-refractivity contribution in [3.05, 3.63) is 35.6 Å². The van der Waals surface area contributed by atoms with Crippen molar-refractivity contribution in [2.45, 2.75) is 57.6 Å². The molecule has 0 spiro atoms. The van der Waals surface area contributed by atoms with Crippen LogP contribution in [-0.2, 0) is 11.2 Å². The Morgan fingerprint density at radius 1 is 1.33 bits per heavy atom. The SMILES string of the molecule is CCNC(Cc1ccccc1F)C1(OC)CCC(C)CC1. The Labute approximate surface area is 128 Å². The number of halogens is 1. The fourth-order valence-corrected chi connectivity index (χ4v) is 3.52. The molecule has 1 saturated carbocycles. The topological polar surface area (TPSA) is 21.3 Å². The van der Waals surface area contributed by atoms with E-state index >= 15 is 0 Å². The maximum Gasteiger partial charge on any atom is 0.126 e. The van der Waals surface area contributed by atoms with Crippen molar-refractivity contribution in [3.63, 3.8) is 0 Å². The van der Waals surface area contributed by atoms with Crippen molar-refractivity contribution in [2.75, 3.05) is 13.7 Å². The molecule has 0 saturated heterocycles. The molecule has 0 bridgehead atoms. The molecule has 118 valence electrons. The first-order valence-electron chi connectivity index (χ1n) is 8.13. The van der Waals surface area contributed by atoms with Crippen molar-refractivity contribution in [2.24, 2.45) is 5.92 Å². The Balaban J connectivity index is 2.18. The molecule has 0 amide bonds. The molecule has 3 heteroatoms. The number of methoxy groups -OCH3 is 1. The number of likely N-dealkylation sites (N-methyl/N-ethyl adjacent to an activating group) is 1. The number of benzene rings is 1. The van der Waals surface area contributed by atoms with Gasteiger partial charge in [-0.3, -0.25) is 0 Å². The Hall–Kier alpha value is -0.930. The second kappa shape index (κ2) is 7.37. The molecule has 0 heterocycles. The third-order valence-electron chi connectivity index (χ3n) is 4.99. The average molecular weight is 293 g/mol. The summed E-state index contributed by atoms with van der Waals surface area (Å²) in [6, 6.07) is 7.24. The summed E-state index contributed by atoms with van der Waals surface area (Å²) in [7, 11) is 1.81. The summed E-state index contributed by atoms with van der Waals surface area (Å²) in [5.41, 5.74) is 0.614. The Morgan fingerprint density at radius 2 is 2.00 bits per heavy atom. The van der Waals surface area contributed by atoms with Crippen LogP contribution in [0.2, 0.25) is 0 Å². The molecule has 1 aromatic rings. The summed E-state index contributed by atoms with van der Waals surface area (Å²) in [6.45, 7) is 5.28. The van der Waals surface area contributed by atoms with E-state index in [0.29, 0.717) is 6.42 Å². The van der Waals surface area contributed by atoms with Crippen LogP contribution >= 0.6 is 0 Å². The summed E-state index contributed by atoms with van der Waals surface area (Å²) < 4.78 is 19.9. The average Bonchev–Trinajstić information content (AvgIpc) is 2.50. The van der Waals surface area contributed by atoms with Gasteiger partial charge >= 0.3 is 0 Å². The Kier molecular flexibility index (Phi) is 5.77. The minimum absolute atomic E-state index is 0.115. The van der Waals surface area contributed by atoms with E-state index in [1.54, 1.807) is 12.1 Å². The van der Waals surface area contributed by atoms with Crippen LogP contribution in [0, 0.1) is 11.7 Å². The fourth-order valence-electron chi connectivity index (χ4n) is 3.52. The molecule has 1 fully saturated rings. The van der Waals surface area contributed by atoms with Crippen molar-refractivity contribution < 1.29 is 9.13 Å². The third-order valence-corrected chi connectivity index (χ3v) is 4.99. The summed E-state index contributed by atoms with van der Waals surface area (Å²) in [5, 5.41) is 3.54. The van der Waals surface area contributed by atoms with Gasteiger partial charge in [-0.15, -0.1) is 0 Å². The summed E-state index contributed by atoms with van der Waals surface area (Å²) in [5.74, 6) is 0.653. The van der Waals surface area contributed by atoms with Crippen LogP contribution in [0.4, 0.5) is 4.39 Å². The van der Waals surface area contributed by atoms with Gasteiger partial charge in [0, 0.05) is 13.2 Å². The van der Waals surface area contributed by atoms with Gasteiger partial charge in [0.1, 0.15) is 5.82 Å². The van der Waals surface area contributed by atoms with Gasteiger partial charge in [-0.05, 0) is 56.2 Å². The van der Waals surface area contributed by atoms with E-state index in [-0.39, 0.29) is 17.5 Å². The minimum atomic E-state index is -0.162. The number of nitrogens with one attached hydrogen (secondary N) is 1. The molecule has 0 aromatic heterocycles. The summed E-state index contributed by atoms with van der Waals surface area (Å²) >= 11 is 0. The van der Waals surface area contributed by atoms with E-state index in [1.165, 1.54) is 12.8 Å². The highest BCUT2D eigenvalue weighted by Gasteiger charge is 2.41. The lowest BCUT2D eigenvalue weighted by Crippen LogP contribution is -2.55. The summed E-state index contributed by atoms with van der Waals surface area (Å²) in [4.78, 5) is 0. The van der Waals surface area contributed by atoms with E-state index in [0.717, 1.165) is 30.9 Å². The lowest BCUT2D eigenvalue weighted by atomic mass is 9.73. The standard InChI is InChI=1S/C18H28FNO/c1-4-20-17(13-15-7-5-6-8-16(15)19)18(21-3)11-9-14(2)10-12-18/h5-8,14,17,20H,4,9-13H2,1-3H3. The summed E-state index contributed by atoms with van der Waals surface area (Å²) in [6.07, 6.45) is 5.16. The minimum Gasteiger partial charge on any atom is -0.377 e. The van der Waals surface area contributed by atoms with Gasteiger partial charge in [-0.25, -0.2) is 4.39 Å². The zero-order valence-corrected chi connectivity index (χ0v) is 13.5. The highest BCUT2D eigenvalue weighted by Crippen LogP contribution is 2.38. The number of hydrogen-bond donors (Lipinski definition) is 1. The molecule has 1 aromatic carbocycles. The molecule has 1 unspecified atom stereocenters. The van der Waals surface area contributed by atoms with Crippen molar-refractivity contribution in [1.29, 1.82) is 0 Å². The monoisotopic (exact) mass is 293 g/mol. The molecule has 2 rings (SSSR count). The van der Waals surface area contributed by atoms with Gasteiger partial charge in [-0.2, -0.15) is 0 Å². The highest BCUT2D eigenvalue weighted by molar-refractivity contribution is 5.20. The first-order valence-corrected chi connectivity index (χ1v) is 8.13. The van der Waals surface area contributed by atoms with Crippen molar-refractivity contribution >= 4 is 0 Å². The molecule has 21 heavy (non-hydrogen) atoms. The smallest absolute Gasteiger partial charge is 0.126 e. The number of hydrogen-bond acceptors (Lipinski definition) is 2. The molecule has 2 nitrogen and oxygen atoms in total. The lowest BCUT2D eigenvalue weighted by Gasteiger charge is -2.44. The van der Waals surface area contributed by atoms with Crippen LogP contribution in [0.5, 0.6) is 0 Å². The van der Waals surface area contributed by atoms with E-state index < -0.39 is 0 Å². The van der Waals surface area contributed by atoms with Crippen molar-refractivity contribution in [3.8, 4) is 0 Å². The van der Waals surface area contributed by atoms with Gasteiger partial charge < -0.3 is 10.1 Å². The van der Waals surface area contributed by atoms with Crippen LogP contribution in [0.15, 0.2) is 24.3 Å². The Bertz CT molecular complexity index is 441. The molecule has 1 aliphatic carbocycles. The number of rotatable bonds is 6. The molecule has 0 aliphatic heterocycles. The van der Waals surface area contributed by atoms with Gasteiger partial charge in [0.2, 0.25) is 0 Å². The quantitative estimate of drug-likeness (QED) is 0.857. The molecule has 1 atom stereocenters. The zero-order valence-electron chi connectivity index (χ0n) is 13.5. The first-order chi connectivity index (χ1) is 10.1. The van der Waals surface area contributed by atoms with Crippen LogP contribution in [0.25, 0.3) is 0 Å². The molecular formula is C18H28FNO. The van der Waals surface area contributed by atoms with E-state index in [4.69, 9.17) is 4.74 Å². The van der Waals surface area contributed by atoms with Gasteiger partial charge in [0.25, 0.3) is 0 Å².